The molecule has 3 atom stereocenters. The van der Waals surface area contributed by atoms with Crippen molar-refractivity contribution in [2.75, 3.05) is 13.2 Å². The second-order valence-electron chi connectivity index (χ2n) is 6.10. The summed E-state index contributed by atoms with van der Waals surface area (Å²) in [7, 11) is 1.83. The summed E-state index contributed by atoms with van der Waals surface area (Å²) in [6, 6.07) is 3.39. The van der Waals surface area contributed by atoms with Crippen molar-refractivity contribution in [3.63, 3.8) is 0 Å². The predicted octanol–water partition coefficient (Wildman–Crippen LogP) is 1.11. The van der Waals surface area contributed by atoms with Crippen LogP contribution < -0.4 is 5.32 Å². The first-order valence-electron chi connectivity index (χ1n) is 7.61. The number of rotatable bonds is 5. The van der Waals surface area contributed by atoms with Crippen LogP contribution in [0.25, 0.3) is 0 Å². The Bertz CT molecular complexity index is 663. The number of ether oxygens (including phenoxy) is 1. The lowest BCUT2D eigenvalue weighted by atomic mass is 9.95. The molecule has 3 heterocycles. The van der Waals surface area contributed by atoms with Crippen LogP contribution in [0, 0.1) is 5.92 Å². The van der Waals surface area contributed by atoms with Gasteiger partial charge in [0.1, 0.15) is 11.4 Å². The van der Waals surface area contributed by atoms with E-state index in [4.69, 9.17) is 9.15 Å². The number of hydrogen-bond acceptors (Lipinski definition) is 5. The average molecular weight is 319 g/mol. The maximum atomic E-state index is 12.5. The normalized spacial score (nSPS) is 23.6. The van der Waals surface area contributed by atoms with E-state index in [1.807, 2.05) is 13.2 Å². The Morgan fingerprint density at radius 1 is 1.61 bits per heavy atom. The SMILES string of the molecule is Cn1cc([C@H]2OCC[C@@H]2C(=O)NC[C@](C)(O)c2ccco2)cn1. The molecular formula is C16H21N3O4. The van der Waals surface area contributed by atoms with Gasteiger partial charge >= 0.3 is 0 Å². The number of aryl methyl sites for hydroxylation is 1. The predicted molar refractivity (Wildman–Crippen MR) is 81.3 cm³/mol. The van der Waals surface area contributed by atoms with E-state index in [-0.39, 0.29) is 24.5 Å². The molecule has 2 N–H and O–H groups in total. The van der Waals surface area contributed by atoms with Gasteiger partial charge in [0.25, 0.3) is 0 Å². The van der Waals surface area contributed by atoms with Crippen molar-refractivity contribution < 1.29 is 19.1 Å². The lowest BCUT2D eigenvalue weighted by Gasteiger charge is -2.23. The second-order valence-corrected chi connectivity index (χ2v) is 6.10. The number of nitrogens with one attached hydrogen (secondary N) is 1. The maximum absolute atomic E-state index is 12.5. The van der Waals surface area contributed by atoms with E-state index in [1.54, 1.807) is 29.9 Å². The Morgan fingerprint density at radius 3 is 3.09 bits per heavy atom. The zero-order valence-corrected chi connectivity index (χ0v) is 13.2. The van der Waals surface area contributed by atoms with Crippen molar-refractivity contribution in [3.05, 3.63) is 42.1 Å². The lowest BCUT2D eigenvalue weighted by molar-refractivity contribution is -0.128. The summed E-state index contributed by atoms with van der Waals surface area (Å²) in [4.78, 5) is 12.5. The van der Waals surface area contributed by atoms with Gasteiger partial charge in [-0.05, 0) is 25.5 Å². The van der Waals surface area contributed by atoms with Crippen molar-refractivity contribution in [2.45, 2.75) is 25.0 Å². The van der Waals surface area contributed by atoms with Gasteiger partial charge in [0.05, 0.1) is 31.0 Å². The molecule has 2 aromatic rings. The van der Waals surface area contributed by atoms with E-state index < -0.39 is 5.60 Å². The molecule has 7 heteroatoms. The first kappa shape index (κ1) is 15.8. The summed E-state index contributed by atoms with van der Waals surface area (Å²) < 4.78 is 12.6. The third-order valence-electron chi connectivity index (χ3n) is 4.14. The molecular weight excluding hydrogens is 298 g/mol. The van der Waals surface area contributed by atoms with Gasteiger partial charge in [-0.2, -0.15) is 5.10 Å². The molecule has 0 radical (unpaired) electrons. The molecule has 0 saturated carbocycles. The topological polar surface area (TPSA) is 89.5 Å². The van der Waals surface area contributed by atoms with Crippen LogP contribution >= 0.6 is 0 Å². The molecule has 1 aliphatic rings. The molecule has 1 aliphatic heterocycles. The van der Waals surface area contributed by atoms with Gasteiger partial charge < -0.3 is 19.6 Å². The second kappa shape index (κ2) is 6.17. The summed E-state index contributed by atoms with van der Waals surface area (Å²) in [6.07, 6.45) is 5.42. The number of aromatic nitrogens is 2. The van der Waals surface area contributed by atoms with Crippen LogP contribution in [0.1, 0.15) is 30.8 Å². The fraction of sp³-hybridized carbons (Fsp3) is 0.500. The molecule has 0 aromatic carbocycles. The Balaban J connectivity index is 1.63. The van der Waals surface area contributed by atoms with E-state index >= 15 is 0 Å². The number of amides is 1. The van der Waals surface area contributed by atoms with Crippen LogP contribution in [0.3, 0.4) is 0 Å². The largest absolute Gasteiger partial charge is 0.466 e. The Kier molecular flexibility index (Phi) is 4.23. The molecule has 1 amide bonds. The van der Waals surface area contributed by atoms with Crippen LogP contribution in [0.4, 0.5) is 0 Å². The summed E-state index contributed by atoms with van der Waals surface area (Å²) in [5, 5.41) is 17.3. The van der Waals surface area contributed by atoms with Crippen LogP contribution in [-0.4, -0.2) is 33.9 Å². The number of carbonyl (C=O) groups excluding carboxylic acids is 1. The van der Waals surface area contributed by atoms with Gasteiger partial charge in [0, 0.05) is 25.4 Å². The zero-order chi connectivity index (χ0) is 16.4. The Hall–Kier alpha value is -2.12. The fourth-order valence-electron chi connectivity index (χ4n) is 2.84. The third kappa shape index (κ3) is 3.30. The van der Waals surface area contributed by atoms with Crippen LogP contribution in [0.2, 0.25) is 0 Å². The monoisotopic (exact) mass is 319 g/mol. The molecule has 1 saturated heterocycles. The van der Waals surface area contributed by atoms with Crippen molar-refractivity contribution in [3.8, 4) is 0 Å². The van der Waals surface area contributed by atoms with Gasteiger partial charge in [0.15, 0.2) is 0 Å². The first-order chi connectivity index (χ1) is 11.0. The minimum absolute atomic E-state index is 0.0790. The maximum Gasteiger partial charge on any atom is 0.226 e. The summed E-state index contributed by atoms with van der Waals surface area (Å²) in [5.41, 5.74) is -0.356. The van der Waals surface area contributed by atoms with Crippen molar-refractivity contribution in [1.29, 1.82) is 0 Å². The zero-order valence-electron chi connectivity index (χ0n) is 13.2. The molecule has 23 heavy (non-hydrogen) atoms. The fourth-order valence-corrected chi connectivity index (χ4v) is 2.84. The smallest absolute Gasteiger partial charge is 0.226 e. The summed E-state index contributed by atoms with van der Waals surface area (Å²) in [6.45, 7) is 2.22. The van der Waals surface area contributed by atoms with Gasteiger partial charge in [0.2, 0.25) is 5.91 Å². The summed E-state index contributed by atoms with van der Waals surface area (Å²) >= 11 is 0. The van der Waals surface area contributed by atoms with Gasteiger partial charge in [-0.15, -0.1) is 0 Å². The minimum Gasteiger partial charge on any atom is -0.466 e. The average Bonchev–Trinajstić information content (AvgIpc) is 3.24. The molecule has 2 aromatic heterocycles. The van der Waals surface area contributed by atoms with Crippen LogP contribution in [0.15, 0.2) is 35.2 Å². The van der Waals surface area contributed by atoms with Crippen molar-refractivity contribution in [1.82, 2.24) is 15.1 Å². The standard InChI is InChI=1S/C16H21N3O4/c1-16(21,13-4-3-6-22-13)10-17-15(20)12-5-7-23-14(12)11-8-18-19(2)9-11/h3-4,6,8-9,12,14,21H,5,7,10H2,1-2H3,(H,17,20)/t12-,14+,16-/m0/s1. The lowest BCUT2D eigenvalue weighted by Crippen LogP contribution is -2.41. The van der Waals surface area contributed by atoms with Gasteiger partial charge in [-0.3, -0.25) is 9.48 Å². The highest BCUT2D eigenvalue weighted by atomic mass is 16.5. The van der Waals surface area contributed by atoms with Crippen LogP contribution in [0.5, 0.6) is 0 Å². The van der Waals surface area contributed by atoms with Gasteiger partial charge in [-0.25, -0.2) is 0 Å². The molecule has 0 bridgehead atoms. The number of carbonyl (C=O) groups is 1. The number of aliphatic hydroxyl groups is 1. The third-order valence-corrected chi connectivity index (χ3v) is 4.14. The molecule has 0 unspecified atom stereocenters. The minimum atomic E-state index is -1.25. The molecule has 0 aliphatic carbocycles. The van der Waals surface area contributed by atoms with E-state index in [0.717, 1.165) is 5.56 Å². The summed E-state index contributed by atoms with van der Waals surface area (Å²) in [5.74, 6) is -0.000864. The Morgan fingerprint density at radius 2 is 2.43 bits per heavy atom. The highest BCUT2D eigenvalue weighted by molar-refractivity contribution is 5.79. The molecule has 7 nitrogen and oxygen atoms in total. The van der Waals surface area contributed by atoms with Crippen LogP contribution in [-0.2, 0) is 22.2 Å². The highest BCUT2D eigenvalue weighted by Gasteiger charge is 2.37. The molecule has 3 rings (SSSR count). The van der Waals surface area contributed by atoms with E-state index in [0.29, 0.717) is 18.8 Å². The quantitative estimate of drug-likeness (QED) is 0.862. The molecule has 124 valence electrons. The van der Waals surface area contributed by atoms with E-state index in [9.17, 15) is 9.90 Å². The van der Waals surface area contributed by atoms with Gasteiger partial charge in [-0.1, -0.05) is 0 Å². The van der Waals surface area contributed by atoms with Crippen molar-refractivity contribution in [2.24, 2.45) is 13.0 Å². The Labute approximate surface area is 134 Å². The molecule has 0 spiro atoms. The highest BCUT2D eigenvalue weighted by Crippen LogP contribution is 2.34. The number of hydrogen-bond donors (Lipinski definition) is 2. The van der Waals surface area contributed by atoms with E-state index in [1.165, 1.54) is 6.26 Å². The number of furan rings is 1. The first-order valence-corrected chi connectivity index (χ1v) is 7.61. The van der Waals surface area contributed by atoms with E-state index in [2.05, 4.69) is 10.4 Å². The number of nitrogens with zero attached hydrogens (tertiary/aromatic N) is 2. The van der Waals surface area contributed by atoms with Crippen molar-refractivity contribution >= 4 is 5.91 Å². The molecule has 1 fully saturated rings.